The minimum Gasteiger partial charge on any atom is -0.495 e. The topological polar surface area (TPSA) is 57.5 Å². The van der Waals surface area contributed by atoms with Crippen molar-refractivity contribution < 1.29 is 14.3 Å². The number of hydrogen-bond donors (Lipinski definition) is 0. The largest absolute Gasteiger partial charge is 0.495 e. The van der Waals surface area contributed by atoms with Gasteiger partial charge in [0.05, 0.1) is 12.6 Å². The van der Waals surface area contributed by atoms with E-state index in [-0.39, 0.29) is 24.2 Å². The molecule has 1 saturated carbocycles. The SMILES string of the molecule is COc1cccc2c(C)cc(=O)n(CC(=O)OC3CCCCC3)c12. The van der Waals surface area contributed by atoms with Gasteiger partial charge in [-0.15, -0.1) is 0 Å². The summed E-state index contributed by atoms with van der Waals surface area (Å²) in [6, 6.07) is 7.15. The predicted octanol–water partition coefficient (Wildman–Crippen LogP) is 3.19. The van der Waals surface area contributed by atoms with Crippen molar-refractivity contribution in [3.63, 3.8) is 0 Å². The zero-order valence-corrected chi connectivity index (χ0v) is 14.2. The highest BCUT2D eigenvalue weighted by Gasteiger charge is 2.20. The number of methoxy groups -OCH3 is 1. The lowest BCUT2D eigenvalue weighted by Crippen LogP contribution is -2.29. The lowest BCUT2D eigenvalue weighted by molar-refractivity contribution is -0.151. The second-order valence-corrected chi connectivity index (χ2v) is 6.36. The second-order valence-electron chi connectivity index (χ2n) is 6.36. The average molecular weight is 329 g/mol. The van der Waals surface area contributed by atoms with Crippen LogP contribution >= 0.6 is 0 Å². The first-order valence-corrected chi connectivity index (χ1v) is 8.47. The van der Waals surface area contributed by atoms with Gasteiger partial charge in [0.25, 0.3) is 5.56 Å². The Labute approximate surface area is 141 Å². The molecule has 24 heavy (non-hydrogen) atoms. The van der Waals surface area contributed by atoms with Crippen LogP contribution in [0.4, 0.5) is 0 Å². The number of benzene rings is 1. The maximum Gasteiger partial charge on any atom is 0.326 e. The van der Waals surface area contributed by atoms with E-state index in [4.69, 9.17) is 9.47 Å². The zero-order valence-electron chi connectivity index (χ0n) is 14.2. The summed E-state index contributed by atoms with van der Waals surface area (Å²) in [7, 11) is 1.56. The molecule has 1 aromatic carbocycles. The molecule has 5 nitrogen and oxygen atoms in total. The Balaban J connectivity index is 1.93. The van der Waals surface area contributed by atoms with E-state index in [0.29, 0.717) is 11.3 Å². The molecule has 0 saturated heterocycles. The van der Waals surface area contributed by atoms with E-state index in [0.717, 1.165) is 36.6 Å². The second kappa shape index (κ2) is 7.07. The molecule has 2 aromatic rings. The highest BCUT2D eigenvalue weighted by molar-refractivity contribution is 5.88. The lowest BCUT2D eigenvalue weighted by Gasteiger charge is -2.22. The van der Waals surface area contributed by atoms with Gasteiger partial charge in [-0.1, -0.05) is 18.6 Å². The fourth-order valence-electron chi connectivity index (χ4n) is 3.43. The van der Waals surface area contributed by atoms with Crippen molar-refractivity contribution in [3.8, 4) is 5.75 Å². The molecule has 1 aromatic heterocycles. The van der Waals surface area contributed by atoms with Crippen LogP contribution in [0.15, 0.2) is 29.1 Å². The Bertz CT molecular complexity index is 803. The molecule has 0 radical (unpaired) electrons. The third kappa shape index (κ3) is 3.30. The van der Waals surface area contributed by atoms with Gasteiger partial charge >= 0.3 is 5.97 Å². The van der Waals surface area contributed by atoms with Crippen LogP contribution in [-0.4, -0.2) is 23.8 Å². The average Bonchev–Trinajstić information content (AvgIpc) is 2.59. The summed E-state index contributed by atoms with van der Waals surface area (Å²) in [4.78, 5) is 24.8. The molecule has 1 aliphatic rings. The number of rotatable bonds is 4. The molecular formula is C19H23NO4. The van der Waals surface area contributed by atoms with Crippen LogP contribution in [0.25, 0.3) is 10.9 Å². The minimum atomic E-state index is -0.361. The third-order valence-corrected chi connectivity index (χ3v) is 4.66. The first kappa shape index (κ1) is 16.6. The molecule has 0 bridgehead atoms. The van der Waals surface area contributed by atoms with Gasteiger partial charge in [0.15, 0.2) is 0 Å². The number of fused-ring (bicyclic) bond motifs is 1. The Kier molecular flexibility index (Phi) is 4.88. The first-order valence-electron chi connectivity index (χ1n) is 8.47. The van der Waals surface area contributed by atoms with Crippen LogP contribution in [0, 0.1) is 6.92 Å². The number of aromatic nitrogens is 1. The van der Waals surface area contributed by atoms with Crippen LogP contribution in [0.2, 0.25) is 0 Å². The van der Waals surface area contributed by atoms with Gasteiger partial charge in [-0.05, 0) is 44.2 Å². The van der Waals surface area contributed by atoms with E-state index in [1.165, 1.54) is 11.0 Å². The number of pyridine rings is 1. The summed E-state index contributed by atoms with van der Waals surface area (Å²) in [5.74, 6) is 0.221. The van der Waals surface area contributed by atoms with Gasteiger partial charge in [0.2, 0.25) is 0 Å². The molecule has 0 unspecified atom stereocenters. The number of para-hydroxylation sites is 1. The summed E-state index contributed by atoms with van der Waals surface area (Å²) < 4.78 is 12.4. The molecule has 3 rings (SSSR count). The van der Waals surface area contributed by atoms with E-state index < -0.39 is 0 Å². The Morgan fingerprint density at radius 1 is 1.25 bits per heavy atom. The molecule has 1 aliphatic carbocycles. The van der Waals surface area contributed by atoms with Gasteiger partial charge in [-0.25, -0.2) is 0 Å². The van der Waals surface area contributed by atoms with Crippen molar-refractivity contribution in [2.75, 3.05) is 7.11 Å². The molecule has 1 fully saturated rings. The molecule has 128 valence electrons. The molecule has 0 aliphatic heterocycles. The molecule has 5 heteroatoms. The van der Waals surface area contributed by atoms with Gasteiger partial charge < -0.3 is 9.47 Å². The number of esters is 1. The van der Waals surface area contributed by atoms with Crippen LogP contribution in [0.1, 0.15) is 37.7 Å². The zero-order chi connectivity index (χ0) is 17.1. The van der Waals surface area contributed by atoms with Crippen LogP contribution < -0.4 is 10.3 Å². The van der Waals surface area contributed by atoms with Crippen LogP contribution in [0.5, 0.6) is 5.75 Å². The number of carbonyl (C=O) groups is 1. The maximum absolute atomic E-state index is 12.4. The number of nitrogens with zero attached hydrogens (tertiary/aromatic N) is 1. The lowest BCUT2D eigenvalue weighted by atomic mass is 9.98. The van der Waals surface area contributed by atoms with Crippen LogP contribution in [0.3, 0.4) is 0 Å². The number of hydrogen-bond acceptors (Lipinski definition) is 4. The van der Waals surface area contributed by atoms with Crippen molar-refractivity contribution >= 4 is 16.9 Å². The van der Waals surface area contributed by atoms with E-state index >= 15 is 0 Å². The highest BCUT2D eigenvalue weighted by atomic mass is 16.5. The van der Waals surface area contributed by atoms with Crippen molar-refractivity contribution in [1.29, 1.82) is 0 Å². The Hall–Kier alpha value is -2.30. The first-order chi connectivity index (χ1) is 11.6. The summed E-state index contributed by atoms with van der Waals surface area (Å²) >= 11 is 0. The quantitative estimate of drug-likeness (QED) is 0.808. The summed E-state index contributed by atoms with van der Waals surface area (Å²) in [6.45, 7) is 1.79. The predicted molar refractivity (Wildman–Crippen MR) is 92.5 cm³/mol. The van der Waals surface area contributed by atoms with E-state index in [2.05, 4.69) is 0 Å². The third-order valence-electron chi connectivity index (χ3n) is 4.66. The fraction of sp³-hybridized carbons (Fsp3) is 0.474. The Morgan fingerprint density at radius 2 is 2.00 bits per heavy atom. The molecule has 1 heterocycles. The van der Waals surface area contributed by atoms with Crippen molar-refractivity contribution in [3.05, 3.63) is 40.2 Å². The summed E-state index contributed by atoms with van der Waals surface area (Å²) in [5.41, 5.74) is 1.29. The molecular weight excluding hydrogens is 306 g/mol. The smallest absolute Gasteiger partial charge is 0.326 e. The number of carbonyl (C=O) groups excluding carboxylic acids is 1. The van der Waals surface area contributed by atoms with Gasteiger partial charge in [0, 0.05) is 11.5 Å². The molecule has 0 N–H and O–H groups in total. The molecule has 0 atom stereocenters. The van der Waals surface area contributed by atoms with Crippen molar-refractivity contribution in [2.45, 2.75) is 51.7 Å². The number of aryl methyl sites for hydroxylation is 1. The normalized spacial score (nSPS) is 15.4. The van der Waals surface area contributed by atoms with Gasteiger partial charge in [-0.3, -0.25) is 14.2 Å². The van der Waals surface area contributed by atoms with Crippen LogP contribution in [-0.2, 0) is 16.1 Å². The number of ether oxygens (including phenoxy) is 2. The van der Waals surface area contributed by atoms with Crippen molar-refractivity contribution in [1.82, 2.24) is 4.57 Å². The minimum absolute atomic E-state index is 0.0134. The van der Waals surface area contributed by atoms with Gasteiger partial charge in [-0.2, -0.15) is 0 Å². The standard InChI is InChI=1S/C19H23NO4/c1-13-11-17(21)20(19-15(13)9-6-10-16(19)23-2)12-18(22)24-14-7-4-3-5-8-14/h6,9-11,14H,3-5,7-8,12H2,1-2H3. The fourth-order valence-corrected chi connectivity index (χ4v) is 3.43. The van der Waals surface area contributed by atoms with Crippen molar-refractivity contribution in [2.24, 2.45) is 0 Å². The maximum atomic E-state index is 12.4. The summed E-state index contributed by atoms with van der Waals surface area (Å²) in [6.07, 6.45) is 5.21. The molecule has 0 spiro atoms. The van der Waals surface area contributed by atoms with E-state index in [1.807, 2.05) is 19.1 Å². The highest BCUT2D eigenvalue weighted by Crippen LogP contribution is 2.26. The monoisotopic (exact) mass is 329 g/mol. The van der Waals surface area contributed by atoms with E-state index in [9.17, 15) is 9.59 Å². The van der Waals surface area contributed by atoms with E-state index in [1.54, 1.807) is 19.2 Å². The van der Waals surface area contributed by atoms with Gasteiger partial charge in [0.1, 0.15) is 18.4 Å². The summed E-state index contributed by atoms with van der Waals surface area (Å²) in [5, 5.41) is 0.902. The Morgan fingerprint density at radius 3 is 2.71 bits per heavy atom. The molecule has 0 amide bonds.